The van der Waals surface area contributed by atoms with E-state index in [1.54, 1.807) is 0 Å². The molecule has 0 amide bonds. The van der Waals surface area contributed by atoms with Crippen LogP contribution >= 0.6 is 15.9 Å². The lowest BCUT2D eigenvalue weighted by Crippen LogP contribution is -2.30. The van der Waals surface area contributed by atoms with Crippen LogP contribution in [0.3, 0.4) is 0 Å². The van der Waals surface area contributed by atoms with E-state index >= 15 is 0 Å². The smallest absolute Gasteiger partial charge is 0.128 e. The van der Waals surface area contributed by atoms with Crippen molar-refractivity contribution >= 4 is 15.9 Å². The molecule has 1 saturated carbocycles. The number of fused-ring (bicyclic) bond motifs is 1. The second kappa shape index (κ2) is 3.35. The van der Waals surface area contributed by atoms with Crippen molar-refractivity contribution in [1.29, 1.82) is 0 Å². The summed E-state index contributed by atoms with van der Waals surface area (Å²) in [4.78, 5) is 4.65. The SMILES string of the molecule is Brc1nc(C2CCC2)n2c1CNCC2. The third-order valence-corrected chi connectivity index (χ3v) is 3.96. The van der Waals surface area contributed by atoms with E-state index in [1.807, 2.05) is 0 Å². The Morgan fingerprint density at radius 3 is 3.00 bits per heavy atom. The molecule has 3 rings (SSSR count). The summed E-state index contributed by atoms with van der Waals surface area (Å²) in [6.45, 7) is 3.12. The molecular weight excluding hydrogens is 242 g/mol. The maximum absolute atomic E-state index is 4.65. The summed E-state index contributed by atoms with van der Waals surface area (Å²) in [6, 6.07) is 0. The molecule has 0 saturated heterocycles. The molecule has 2 aliphatic rings. The topological polar surface area (TPSA) is 29.9 Å². The van der Waals surface area contributed by atoms with Gasteiger partial charge < -0.3 is 9.88 Å². The van der Waals surface area contributed by atoms with Gasteiger partial charge in [0.15, 0.2) is 0 Å². The van der Waals surface area contributed by atoms with E-state index < -0.39 is 0 Å². The van der Waals surface area contributed by atoms with Crippen molar-refractivity contribution in [3.8, 4) is 0 Å². The lowest BCUT2D eigenvalue weighted by atomic mass is 9.85. The number of rotatable bonds is 1. The summed E-state index contributed by atoms with van der Waals surface area (Å²) in [5.41, 5.74) is 1.33. The van der Waals surface area contributed by atoms with Crippen molar-refractivity contribution in [2.45, 2.75) is 38.3 Å². The van der Waals surface area contributed by atoms with E-state index in [0.717, 1.165) is 30.2 Å². The molecule has 1 aromatic rings. The van der Waals surface area contributed by atoms with Crippen LogP contribution in [0.25, 0.3) is 0 Å². The lowest BCUT2D eigenvalue weighted by molar-refractivity contribution is 0.376. The number of nitrogens with zero attached hydrogens (tertiary/aromatic N) is 2. The minimum atomic E-state index is 0.734. The summed E-state index contributed by atoms with van der Waals surface area (Å²) < 4.78 is 3.45. The van der Waals surface area contributed by atoms with Crippen LogP contribution in [0.5, 0.6) is 0 Å². The summed E-state index contributed by atoms with van der Waals surface area (Å²) in [7, 11) is 0. The van der Waals surface area contributed by atoms with Gasteiger partial charge in [0.05, 0.1) is 5.69 Å². The molecule has 14 heavy (non-hydrogen) atoms. The number of halogens is 1. The fourth-order valence-electron chi connectivity index (χ4n) is 2.27. The summed E-state index contributed by atoms with van der Waals surface area (Å²) in [6.07, 6.45) is 4.04. The zero-order valence-corrected chi connectivity index (χ0v) is 9.68. The highest BCUT2D eigenvalue weighted by Crippen LogP contribution is 2.37. The van der Waals surface area contributed by atoms with Crippen LogP contribution in [-0.4, -0.2) is 16.1 Å². The second-order valence-corrected chi connectivity index (χ2v) is 4.91. The number of imidazole rings is 1. The predicted molar refractivity (Wildman–Crippen MR) is 58.2 cm³/mol. The van der Waals surface area contributed by atoms with Gasteiger partial charge in [-0.1, -0.05) is 6.42 Å². The second-order valence-electron chi connectivity index (χ2n) is 4.16. The zero-order chi connectivity index (χ0) is 9.54. The van der Waals surface area contributed by atoms with Gasteiger partial charge in [0.25, 0.3) is 0 Å². The Morgan fingerprint density at radius 2 is 2.29 bits per heavy atom. The maximum Gasteiger partial charge on any atom is 0.128 e. The first-order chi connectivity index (χ1) is 6.86. The number of aromatic nitrogens is 2. The molecule has 1 aliphatic heterocycles. The van der Waals surface area contributed by atoms with Gasteiger partial charge >= 0.3 is 0 Å². The van der Waals surface area contributed by atoms with E-state index in [-0.39, 0.29) is 0 Å². The van der Waals surface area contributed by atoms with Crippen molar-refractivity contribution in [3.63, 3.8) is 0 Å². The van der Waals surface area contributed by atoms with E-state index in [2.05, 4.69) is 30.8 Å². The molecule has 1 aliphatic carbocycles. The number of hydrogen-bond acceptors (Lipinski definition) is 2. The average molecular weight is 256 g/mol. The van der Waals surface area contributed by atoms with Crippen LogP contribution in [0.1, 0.15) is 36.7 Å². The Hall–Kier alpha value is -0.350. The van der Waals surface area contributed by atoms with Crippen molar-refractivity contribution in [1.82, 2.24) is 14.9 Å². The van der Waals surface area contributed by atoms with Crippen LogP contribution in [0.4, 0.5) is 0 Å². The number of nitrogens with one attached hydrogen (secondary N) is 1. The lowest BCUT2D eigenvalue weighted by Gasteiger charge is -2.27. The highest BCUT2D eigenvalue weighted by Gasteiger charge is 2.27. The molecule has 0 unspecified atom stereocenters. The first-order valence-electron chi connectivity index (χ1n) is 5.32. The van der Waals surface area contributed by atoms with Crippen molar-refractivity contribution in [2.75, 3.05) is 6.54 Å². The fourth-order valence-corrected chi connectivity index (χ4v) is 2.80. The van der Waals surface area contributed by atoms with E-state index in [4.69, 9.17) is 0 Å². The Balaban J connectivity index is 2.02. The van der Waals surface area contributed by atoms with Gasteiger partial charge in [-0.05, 0) is 28.8 Å². The van der Waals surface area contributed by atoms with Gasteiger partial charge in [-0.25, -0.2) is 4.98 Å². The molecule has 4 heteroatoms. The molecule has 0 radical (unpaired) electrons. The van der Waals surface area contributed by atoms with Gasteiger partial charge in [-0.15, -0.1) is 0 Å². The molecular formula is C10H14BrN3. The third-order valence-electron chi connectivity index (χ3n) is 3.33. The van der Waals surface area contributed by atoms with Gasteiger partial charge in [0.2, 0.25) is 0 Å². The van der Waals surface area contributed by atoms with Crippen molar-refractivity contribution in [2.24, 2.45) is 0 Å². The summed E-state index contributed by atoms with van der Waals surface area (Å²) in [5, 5.41) is 3.38. The predicted octanol–water partition coefficient (Wildman–Crippen LogP) is 2.02. The van der Waals surface area contributed by atoms with Gasteiger partial charge in [-0.2, -0.15) is 0 Å². The standard InChI is InChI=1S/C10H14BrN3/c11-9-8-6-12-4-5-14(8)10(13-9)7-2-1-3-7/h7,12H,1-6H2. The van der Waals surface area contributed by atoms with Crippen molar-refractivity contribution in [3.05, 3.63) is 16.1 Å². The van der Waals surface area contributed by atoms with E-state index in [9.17, 15) is 0 Å². The fraction of sp³-hybridized carbons (Fsp3) is 0.700. The van der Waals surface area contributed by atoms with Crippen LogP contribution in [0.15, 0.2) is 4.60 Å². The van der Waals surface area contributed by atoms with Gasteiger partial charge in [-0.3, -0.25) is 0 Å². The monoisotopic (exact) mass is 255 g/mol. The third kappa shape index (κ3) is 1.24. The molecule has 3 nitrogen and oxygen atoms in total. The molecule has 0 bridgehead atoms. The van der Waals surface area contributed by atoms with Crippen LogP contribution < -0.4 is 5.32 Å². The maximum atomic E-state index is 4.65. The molecule has 1 aromatic heterocycles. The minimum Gasteiger partial charge on any atom is -0.328 e. The first-order valence-corrected chi connectivity index (χ1v) is 6.11. The molecule has 0 aromatic carbocycles. The van der Waals surface area contributed by atoms with Gasteiger partial charge in [0.1, 0.15) is 10.4 Å². The quantitative estimate of drug-likeness (QED) is 0.833. The molecule has 2 heterocycles. The highest BCUT2D eigenvalue weighted by atomic mass is 79.9. The Bertz CT molecular complexity index is 354. The highest BCUT2D eigenvalue weighted by molar-refractivity contribution is 9.10. The van der Waals surface area contributed by atoms with E-state index in [1.165, 1.54) is 30.8 Å². The number of hydrogen-bond donors (Lipinski definition) is 1. The normalized spacial score (nSPS) is 21.8. The molecule has 0 spiro atoms. The Labute approximate surface area is 92.0 Å². The molecule has 1 N–H and O–H groups in total. The summed E-state index contributed by atoms with van der Waals surface area (Å²) >= 11 is 3.55. The Kier molecular flexibility index (Phi) is 2.13. The first kappa shape index (κ1) is 8.92. The van der Waals surface area contributed by atoms with Crippen LogP contribution in [-0.2, 0) is 13.1 Å². The molecule has 1 fully saturated rings. The van der Waals surface area contributed by atoms with Crippen LogP contribution in [0.2, 0.25) is 0 Å². The largest absolute Gasteiger partial charge is 0.328 e. The molecule has 0 atom stereocenters. The van der Waals surface area contributed by atoms with Crippen LogP contribution in [0, 0.1) is 0 Å². The molecule has 76 valence electrons. The van der Waals surface area contributed by atoms with Crippen molar-refractivity contribution < 1.29 is 0 Å². The minimum absolute atomic E-state index is 0.734. The van der Waals surface area contributed by atoms with Gasteiger partial charge in [0, 0.05) is 25.6 Å². The van der Waals surface area contributed by atoms with E-state index in [0.29, 0.717) is 0 Å². The summed E-state index contributed by atoms with van der Waals surface area (Å²) in [5.74, 6) is 2.05. The zero-order valence-electron chi connectivity index (χ0n) is 8.09. The average Bonchev–Trinajstić information content (AvgIpc) is 2.43. The Morgan fingerprint density at radius 1 is 1.43 bits per heavy atom.